The van der Waals surface area contributed by atoms with E-state index in [0.29, 0.717) is 23.8 Å². The molecule has 1 heterocycles. The Hall–Kier alpha value is -4.70. The Bertz CT molecular complexity index is 1570. The number of rotatable bonds is 6. The lowest BCUT2D eigenvalue weighted by molar-refractivity contribution is -0.193. The molecule has 4 rings (SSSR count). The fourth-order valence-corrected chi connectivity index (χ4v) is 4.57. The van der Waals surface area contributed by atoms with Crippen molar-refractivity contribution in [3.8, 4) is 0 Å². The molecule has 2 atom stereocenters. The summed E-state index contributed by atoms with van der Waals surface area (Å²) in [5.74, 6) is -5.75. The highest BCUT2D eigenvalue weighted by Crippen LogP contribution is 2.25. The number of hydrogen-bond donors (Lipinski definition) is 5. The van der Waals surface area contributed by atoms with E-state index in [1.807, 2.05) is 44.2 Å². The number of carboxylic acid groups (broad SMARTS) is 2. The van der Waals surface area contributed by atoms with Gasteiger partial charge in [0, 0.05) is 36.9 Å². The molecule has 1 aliphatic heterocycles. The van der Waals surface area contributed by atoms with Crippen molar-refractivity contribution in [2.45, 2.75) is 58.2 Å². The molecule has 0 bridgehead atoms. The van der Waals surface area contributed by atoms with Crippen molar-refractivity contribution in [3.05, 3.63) is 77.4 Å². The number of aliphatic carboxylic acids is 2. The van der Waals surface area contributed by atoms with E-state index >= 15 is 0 Å². The van der Waals surface area contributed by atoms with Crippen LogP contribution < -0.4 is 16.0 Å². The highest BCUT2D eigenvalue weighted by molar-refractivity contribution is 6.00. The van der Waals surface area contributed by atoms with Crippen LogP contribution in [0.25, 0.3) is 10.8 Å². The van der Waals surface area contributed by atoms with E-state index in [9.17, 15) is 35.9 Å². The molecule has 0 saturated carbocycles. The number of carboxylic acids is 2. The van der Waals surface area contributed by atoms with Crippen LogP contribution in [0.2, 0.25) is 0 Å². The Labute approximate surface area is 272 Å². The summed E-state index contributed by atoms with van der Waals surface area (Å²) in [6.45, 7) is 10.6. The molecule has 16 heteroatoms. The predicted molar refractivity (Wildman–Crippen MR) is 166 cm³/mol. The normalized spacial score (nSPS) is 15.7. The molecule has 48 heavy (non-hydrogen) atoms. The monoisotopic (exact) mass is 686 g/mol. The summed E-state index contributed by atoms with van der Waals surface area (Å²) in [6, 6.07) is 19.8. The van der Waals surface area contributed by atoms with E-state index in [0.717, 1.165) is 35.0 Å². The standard InChI is InChI=1S/C28H34N4O2.2C2HF3O2/c1-18(2)32-15-14-29-26(17-32)28(34)31-22-13-12-19(3)25(16-22)27(33)30-20(4)23-11-7-9-21-8-5-6-10-24(21)23;2*3-2(4,5)1(6)7/h5-13,16,18,20,26,29H,14-15,17H2,1-4H3,(H,30,33)(H,31,34);2*(H,6,7)/t20-,26?;;/m1../s1. The number of nitrogens with zero attached hydrogens (tertiary/aromatic N) is 1. The van der Waals surface area contributed by atoms with Gasteiger partial charge in [-0.3, -0.25) is 14.5 Å². The first-order valence-corrected chi connectivity index (χ1v) is 14.5. The van der Waals surface area contributed by atoms with Gasteiger partial charge in [-0.1, -0.05) is 48.5 Å². The number of amides is 2. The Morgan fingerprint density at radius 1 is 0.875 bits per heavy atom. The largest absolute Gasteiger partial charge is 0.490 e. The zero-order valence-electron chi connectivity index (χ0n) is 26.4. The van der Waals surface area contributed by atoms with Crippen molar-refractivity contribution < 1.29 is 55.7 Å². The number of anilines is 1. The minimum atomic E-state index is -5.08. The van der Waals surface area contributed by atoms with E-state index < -0.39 is 24.3 Å². The summed E-state index contributed by atoms with van der Waals surface area (Å²) < 4.78 is 63.5. The zero-order valence-corrected chi connectivity index (χ0v) is 26.4. The minimum absolute atomic E-state index is 0.0790. The average molecular weight is 687 g/mol. The lowest BCUT2D eigenvalue weighted by Crippen LogP contribution is -2.57. The summed E-state index contributed by atoms with van der Waals surface area (Å²) in [7, 11) is 0. The van der Waals surface area contributed by atoms with E-state index in [4.69, 9.17) is 19.8 Å². The van der Waals surface area contributed by atoms with Crippen LogP contribution in [0.4, 0.5) is 32.0 Å². The van der Waals surface area contributed by atoms with Crippen LogP contribution in [0.1, 0.15) is 48.3 Å². The molecule has 3 aromatic carbocycles. The van der Waals surface area contributed by atoms with E-state index in [2.05, 4.69) is 59.0 Å². The smallest absolute Gasteiger partial charge is 0.475 e. The second-order valence-corrected chi connectivity index (χ2v) is 11.0. The lowest BCUT2D eigenvalue weighted by Gasteiger charge is -2.35. The van der Waals surface area contributed by atoms with Crippen LogP contribution in [-0.2, 0) is 14.4 Å². The van der Waals surface area contributed by atoms with Crippen LogP contribution >= 0.6 is 0 Å². The summed E-state index contributed by atoms with van der Waals surface area (Å²) in [4.78, 5) is 46.2. The fraction of sp³-hybridized carbons (Fsp3) is 0.375. The number of halogens is 6. The molecule has 2 amide bonds. The topological polar surface area (TPSA) is 148 Å². The number of carbonyl (C=O) groups excluding carboxylic acids is 2. The number of fused-ring (bicyclic) bond motifs is 1. The molecule has 0 aromatic heterocycles. The van der Waals surface area contributed by atoms with Crippen LogP contribution in [0.15, 0.2) is 60.7 Å². The molecule has 5 N–H and O–H groups in total. The minimum Gasteiger partial charge on any atom is -0.475 e. The molecule has 262 valence electrons. The van der Waals surface area contributed by atoms with Crippen LogP contribution in [0.3, 0.4) is 0 Å². The second-order valence-electron chi connectivity index (χ2n) is 11.0. The van der Waals surface area contributed by atoms with Gasteiger partial charge in [-0.15, -0.1) is 0 Å². The lowest BCUT2D eigenvalue weighted by atomic mass is 9.99. The zero-order chi connectivity index (χ0) is 36.4. The number of alkyl halides is 6. The predicted octanol–water partition coefficient (Wildman–Crippen LogP) is 5.53. The molecule has 3 aromatic rings. The first-order valence-electron chi connectivity index (χ1n) is 14.5. The number of benzene rings is 3. The van der Waals surface area contributed by atoms with Gasteiger partial charge in [0.2, 0.25) is 5.91 Å². The van der Waals surface area contributed by atoms with Crippen molar-refractivity contribution in [1.29, 1.82) is 0 Å². The number of carbonyl (C=O) groups is 4. The number of aryl methyl sites for hydroxylation is 1. The van der Waals surface area contributed by atoms with E-state index in [1.54, 1.807) is 6.07 Å². The van der Waals surface area contributed by atoms with Gasteiger partial charge in [0.15, 0.2) is 0 Å². The van der Waals surface area contributed by atoms with Crippen LogP contribution in [0.5, 0.6) is 0 Å². The first-order chi connectivity index (χ1) is 22.2. The van der Waals surface area contributed by atoms with Crippen LogP contribution in [0, 0.1) is 6.92 Å². The molecule has 1 saturated heterocycles. The molecule has 0 spiro atoms. The average Bonchev–Trinajstić information content (AvgIpc) is 3.01. The molecular weight excluding hydrogens is 650 g/mol. The van der Waals surface area contributed by atoms with Gasteiger partial charge in [-0.2, -0.15) is 26.3 Å². The van der Waals surface area contributed by atoms with Gasteiger partial charge in [0.1, 0.15) is 0 Å². The summed E-state index contributed by atoms with van der Waals surface area (Å²) in [5.41, 5.74) is 3.13. The van der Waals surface area contributed by atoms with Crippen molar-refractivity contribution in [2.75, 3.05) is 25.0 Å². The van der Waals surface area contributed by atoms with Gasteiger partial charge < -0.3 is 26.2 Å². The van der Waals surface area contributed by atoms with Crippen LogP contribution in [-0.4, -0.2) is 82.9 Å². The third kappa shape index (κ3) is 11.8. The molecule has 1 aliphatic rings. The highest BCUT2D eigenvalue weighted by Gasteiger charge is 2.39. The van der Waals surface area contributed by atoms with Crippen molar-refractivity contribution in [1.82, 2.24) is 15.5 Å². The molecule has 1 fully saturated rings. The maximum Gasteiger partial charge on any atom is 0.490 e. The second kappa shape index (κ2) is 16.9. The van der Waals surface area contributed by atoms with Gasteiger partial charge >= 0.3 is 24.3 Å². The Kier molecular flexibility index (Phi) is 13.9. The molecule has 0 radical (unpaired) electrons. The Morgan fingerprint density at radius 2 is 1.44 bits per heavy atom. The summed E-state index contributed by atoms with van der Waals surface area (Å²) >= 11 is 0. The Balaban J connectivity index is 0.000000479. The first kappa shape index (κ1) is 39.5. The maximum atomic E-state index is 13.2. The number of piperazine rings is 1. The number of hydrogen-bond acceptors (Lipinski definition) is 6. The van der Waals surface area contributed by atoms with Gasteiger partial charge in [0.25, 0.3) is 5.91 Å². The summed E-state index contributed by atoms with van der Waals surface area (Å²) in [5, 5.41) is 26.0. The maximum absolute atomic E-state index is 13.2. The quantitative estimate of drug-likeness (QED) is 0.213. The fourth-order valence-electron chi connectivity index (χ4n) is 4.57. The van der Waals surface area contributed by atoms with Crippen molar-refractivity contribution >= 4 is 40.2 Å². The number of nitrogens with one attached hydrogen (secondary N) is 3. The van der Waals surface area contributed by atoms with Crippen molar-refractivity contribution in [3.63, 3.8) is 0 Å². The van der Waals surface area contributed by atoms with E-state index in [1.165, 1.54) is 0 Å². The van der Waals surface area contributed by atoms with Gasteiger partial charge in [-0.25, -0.2) is 9.59 Å². The summed E-state index contributed by atoms with van der Waals surface area (Å²) in [6.07, 6.45) is -10.2. The SMILES string of the molecule is Cc1ccc(NC(=O)C2CN(C(C)C)CCN2)cc1C(=O)N[C@H](C)c1cccc2ccccc12.O=C(O)C(F)(F)F.O=C(O)C(F)(F)F. The molecular formula is C32H36F6N4O6. The van der Waals surface area contributed by atoms with Gasteiger partial charge in [-0.05, 0) is 61.7 Å². The van der Waals surface area contributed by atoms with E-state index in [-0.39, 0.29) is 23.9 Å². The van der Waals surface area contributed by atoms with Crippen molar-refractivity contribution in [2.24, 2.45) is 0 Å². The molecule has 10 nitrogen and oxygen atoms in total. The molecule has 0 aliphatic carbocycles. The third-order valence-electron chi connectivity index (χ3n) is 7.13. The van der Waals surface area contributed by atoms with Gasteiger partial charge in [0.05, 0.1) is 12.1 Å². The third-order valence-corrected chi connectivity index (χ3v) is 7.13. The Morgan fingerprint density at radius 3 is 2.00 bits per heavy atom. The molecule has 1 unspecified atom stereocenters. The highest BCUT2D eigenvalue weighted by atomic mass is 19.4.